The predicted molar refractivity (Wildman–Crippen MR) is 111 cm³/mol. The lowest BCUT2D eigenvalue weighted by Crippen LogP contribution is -2.38. The van der Waals surface area contributed by atoms with Crippen LogP contribution in [0.1, 0.15) is 53.7 Å². The molecule has 5 atom stereocenters. The molecule has 1 unspecified atom stereocenters. The number of hydrogen-bond donors (Lipinski definition) is 1. The summed E-state index contributed by atoms with van der Waals surface area (Å²) in [7, 11) is -1.67. The number of halogens is 1. The molecule has 9 nitrogen and oxygen atoms in total. The Morgan fingerprint density at radius 3 is 2.57 bits per heavy atom. The number of alkyl halides is 1. The van der Waals surface area contributed by atoms with E-state index in [1.807, 2.05) is 45.4 Å². The van der Waals surface area contributed by atoms with Crippen molar-refractivity contribution in [3.8, 4) is 6.07 Å². The van der Waals surface area contributed by atoms with Gasteiger partial charge in [0.05, 0.1) is 25.2 Å². The van der Waals surface area contributed by atoms with Gasteiger partial charge in [0.1, 0.15) is 6.10 Å². The number of nitriles is 1. The van der Waals surface area contributed by atoms with E-state index in [0.29, 0.717) is 6.42 Å². The van der Waals surface area contributed by atoms with Gasteiger partial charge in [-0.3, -0.25) is 14.3 Å². The molecule has 1 aromatic rings. The minimum Gasteiger partial charge on any atom is -0.349 e. The Bertz CT molecular complexity index is 831. The maximum atomic E-state index is 15.5. The zero-order chi connectivity index (χ0) is 22.4. The molecule has 1 saturated heterocycles. The highest BCUT2D eigenvalue weighted by molar-refractivity contribution is 7.44. The summed E-state index contributed by atoms with van der Waals surface area (Å²) in [5, 5.41) is 8.83. The fourth-order valence-electron chi connectivity index (χ4n) is 3.40. The third kappa shape index (κ3) is 5.74. The van der Waals surface area contributed by atoms with E-state index in [1.165, 1.54) is 6.20 Å². The number of nitrogens with one attached hydrogen (secondary N) is 1. The first-order valence-electron chi connectivity index (χ1n) is 10.1. The van der Waals surface area contributed by atoms with Crippen LogP contribution in [-0.4, -0.2) is 51.3 Å². The molecule has 30 heavy (non-hydrogen) atoms. The lowest BCUT2D eigenvalue weighted by Gasteiger charge is -2.37. The molecular weight excluding hydrogens is 414 g/mol. The SMILES string of the molecule is CC[C@H]1O[C@H](n2ccc(=O)[nH]c2=O)[C@H](F)[C@@H]1OP(OCCC#N)N(C(C)C)C(C)C. The molecule has 11 heteroatoms. The molecular formula is C19H30FN4O5P. The van der Waals surface area contributed by atoms with Crippen molar-refractivity contribution in [1.82, 2.24) is 14.2 Å². The summed E-state index contributed by atoms with van der Waals surface area (Å²) >= 11 is 0. The molecule has 168 valence electrons. The largest absolute Gasteiger partial charge is 0.349 e. The van der Waals surface area contributed by atoms with E-state index in [2.05, 4.69) is 4.98 Å². The summed E-state index contributed by atoms with van der Waals surface area (Å²) in [5.74, 6) is 0. The van der Waals surface area contributed by atoms with Gasteiger partial charge in [-0.2, -0.15) is 5.26 Å². The number of aromatic amines is 1. The maximum absolute atomic E-state index is 15.5. The second kappa shape index (κ2) is 11.1. The molecule has 1 fully saturated rings. The number of rotatable bonds is 10. The van der Waals surface area contributed by atoms with Crippen molar-refractivity contribution < 1.29 is 18.2 Å². The average Bonchev–Trinajstić information content (AvgIpc) is 2.97. The van der Waals surface area contributed by atoms with Crippen LogP contribution in [0, 0.1) is 11.3 Å². The number of nitrogens with zero attached hydrogens (tertiary/aromatic N) is 3. The molecule has 0 spiro atoms. The fraction of sp³-hybridized carbons (Fsp3) is 0.737. The summed E-state index contributed by atoms with van der Waals surface area (Å²) in [6, 6.07) is 3.30. The molecule has 0 saturated carbocycles. The Labute approximate surface area is 176 Å². The van der Waals surface area contributed by atoms with Gasteiger partial charge in [-0.25, -0.2) is 13.9 Å². The highest BCUT2D eigenvalue weighted by Gasteiger charge is 2.48. The minimum atomic E-state index is -1.67. The normalized spacial score (nSPS) is 25.2. The topological polar surface area (TPSA) is 110 Å². The molecule has 1 N–H and O–H groups in total. The van der Waals surface area contributed by atoms with Gasteiger partial charge in [0.2, 0.25) is 0 Å². The number of aromatic nitrogens is 2. The first-order valence-corrected chi connectivity index (χ1v) is 11.2. The first kappa shape index (κ1) is 24.6. The van der Waals surface area contributed by atoms with Crippen molar-refractivity contribution in [2.24, 2.45) is 0 Å². The van der Waals surface area contributed by atoms with Crippen molar-refractivity contribution in [1.29, 1.82) is 5.26 Å². The van der Waals surface area contributed by atoms with E-state index in [0.717, 1.165) is 10.6 Å². The van der Waals surface area contributed by atoms with Crippen LogP contribution in [0.4, 0.5) is 4.39 Å². The smallest absolute Gasteiger partial charge is 0.330 e. The van der Waals surface area contributed by atoms with E-state index in [9.17, 15) is 9.59 Å². The zero-order valence-electron chi connectivity index (χ0n) is 17.9. The van der Waals surface area contributed by atoms with Crippen LogP contribution in [0.25, 0.3) is 0 Å². The Morgan fingerprint density at radius 1 is 1.37 bits per heavy atom. The third-order valence-corrected chi connectivity index (χ3v) is 6.80. The fourth-order valence-corrected chi connectivity index (χ4v) is 5.16. The van der Waals surface area contributed by atoms with Crippen LogP contribution in [0.5, 0.6) is 0 Å². The van der Waals surface area contributed by atoms with Crippen LogP contribution in [0.3, 0.4) is 0 Å². The van der Waals surface area contributed by atoms with Gasteiger partial charge in [0, 0.05) is 24.3 Å². The first-order chi connectivity index (χ1) is 14.2. The van der Waals surface area contributed by atoms with Gasteiger partial charge < -0.3 is 13.8 Å². The summed E-state index contributed by atoms with van der Waals surface area (Å²) in [6.07, 6.45) is -2.56. The van der Waals surface area contributed by atoms with E-state index in [4.69, 9.17) is 19.0 Å². The average molecular weight is 444 g/mol. The van der Waals surface area contributed by atoms with Gasteiger partial charge in [0.25, 0.3) is 14.1 Å². The van der Waals surface area contributed by atoms with Gasteiger partial charge in [-0.15, -0.1) is 0 Å². The number of ether oxygens (including phenoxy) is 1. The maximum Gasteiger partial charge on any atom is 0.330 e. The lowest BCUT2D eigenvalue weighted by atomic mass is 10.1. The van der Waals surface area contributed by atoms with E-state index in [-0.39, 0.29) is 25.1 Å². The third-order valence-electron chi connectivity index (χ3n) is 4.67. The summed E-state index contributed by atoms with van der Waals surface area (Å²) in [5.41, 5.74) is -1.31. The van der Waals surface area contributed by atoms with E-state index in [1.54, 1.807) is 0 Å². The monoisotopic (exact) mass is 444 g/mol. The van der Waals surface area contributed by atoms with Crippen LogP contribution in [0.2, 0.25) is 0 Å². The van der Waals surface area contributed by atoms with Crippen LogP contribution in [0.15, 0.2) is 21.9 Å². The van der Waals surface area contributed by atoms with Crippen LogP contribution < -0.4 is 11.2 Å². The minimum absolute atomic E-state index is 0.0660. The van der Waals surface area contributed by atoms with Crippen molar-refractivity contribution >= 4 is 8.53 Å². The summed E-state index contributed by atoms with van der Waals surface area (Å²) < 4.78 is 36.3. The highest BCUT2D eigenvalue weighted by atomic mass is 31.2. The Hall–Kier alpha value is -1.63. The summed E-state index contributed by atoms with van der Waals surface area (Å²) in [6.45, 7) is 9.97. The molecule has 0 amide bonds. The predicted octanol–water partition coefficient (Wildman–Crippen LogP) is 2.84. The molecule has 1 aliphatic heterocycles. The van der Waals surface area contributed by atoms with Crippen LogP contribution >= 0.6 is 8.53 Å². The summed E-state index contributed by atoms with van der Waals surface area (Å²) in [4.78, 5) is 25.6. The molecule has 1 aromatic heterocycles. The Balaban J connectivity index is 2.29. The second-order valence-electron chi connectivity index (χ2n) is 7.55. The lowest BCUT2D eigenvalue weighted by molar-refractivity contribution is -0.0273. The van der Waals surface area contributed by atoms with Crippen molar-refractivity contribution in [3.05, 3.63) is 33.1 Å². The standard InChI is InChI=1S/C19H30FN4O5P/c1-6-14-17(16(20)18(28-14)23-10-8-15(25)22-19(23)26)29-30(27-11-7-9-21)24(12(2)3)13(4)5/h8,10,12-14,16-18H,6-7,11H2,1-5H3,(H,22,25,26)/t14-,16-,17-,18+,30?/m1/s1. The molecule has 1 aliphatic rings. The quantitative estimate of drug-likeness (QED) is 0.436. The molecule has 2 heterocycles. The number of H-pyrrole nitrogens is 1. The van der Waals surface area contributed by atoms with Gasteiger partial charge in [0.15, 0.2) is 12.4 Å². The molecule has 0 aromatic carbocycles. The Kier molecular flexibility index (Phi) is 9.13. The Morgan fingerprint density at radius 2 is 2.03 bits per heavy atom. The highest BCUT2D eigenvalue weighted by Crippen LogP contribution is 2.50. The molecule has 0 bridgehead atoms. The molecule has 2 rings (SSSR count). The van der Waals surface area contributed by atoms with Gasteiger partial charge in [-0.05, 0) is 34.1 Å². The van der Waals surface area contributed by atoms with Crippen LogP contribution in [-0.2, 0) is 13.8 Å². The molecule has 0 aliphatic carbocycles. The van der Waals surface area contributed by atoms with E-state index < -0.39 is 44.4 Å². The van der Waals surface area contributed by atoms with E-state index >= 15 is 4.39 Å². The van der Waals surface area contributed by atoms with Crippen molar-refractivity contribution in [2.45, 2.75) is 84.2 Å². The van der Waals surface area contributed by atoms with Crippen molar-refractivity contribution in [2.75, 3.05) is 6.61 Å². The van der Waals surface area contributed by atoms with Crippen molar-refractivity contribution in [3.63, 3.8) is 0 Å². The number of hydrogen-bond acceptors (Lipinski definition) is 7. The van der Waals surface area contributed by atoms with Gasteiger partial charge >= 0.3 is 5.69 Å². The van der Waals surface area contributed by atoms with Gasteiger partial charge in [-0.1, -0.05) is 6.92 Å². The molecule has 0 radical (unpaired) electrons. The second-order valence-corrected chi connectivity index (χ2v) is 8.96. The zero-order valence-corrected chi connectivity index (χ0v) is 18.8.